The maximum atomic E-state index is 12.3. The summed E-state index contributed by atoms with van der Waals surface area (Å²) in [5.74, 6) is 0.113. The zero-order valence-corrected chi connectivity index (χ0v) is 16.6. The molecule has 1 N–H and O–H groups in total. The molecule has 0 atom stereocenters. The molecule has 0 bridgehead atoms. The van der Waals surface area contributed by atoms with Gasteiger partial charge in [-0.15, -0.1) is 0 Å². The van der Waals surface area contributed by atoms with Crippen LogP contribution in [-0.2, 0) is 11.2 Å². The molecule has 0 saturated heterocycles. The van der Waals surface area contributed by atoms with Crippen molar-refractivity contribution in [2.75, 3.05) is 12.3 Å². The highest BCUT2D eigenvalue weighted by Crippen LogP contribution is 2.22. The average molecular weight is 405 g/mol. The largest absolute Gasteiger partial charge is 0.355 e. The molecule has 0 aliphatic heterocycles. The van der Waals surface area contributed by atoms with Gasteiger partial charge in [0.1, 0.15) is 5.69 Å². The van der Waals surface area contributed by atoms with Crippen LogP contribution in [0.25, 0.3) is 16.6 Å². The standard InChI is InChI=1S/C21H19N5O2S/c1-14-20(28)24-19-16-9-5-6-10-17(16)23-21(26(19)25-14)29-13-18(27)22-12-11-15-7-3-2-4-8-15/h2-10H,11-13H2,1H3,(H,22,27). The molecule has 2 heterocycles. The summed E-state index contributed by atoms with van der Waals surface area (Å²) >= 11 is 1.27. The van der Waals surface area contributed by atoms with Crippen LogP contribution in [-0.4, -0.2) is 37.8 Å². The predicted molar refractivity (Wildman–Crippen MR) is 113 cm³/mol. The minimum absolute atomic E-state index is 0.0836. The molecule has 4 aromatic rings. The molecule has 2 aromatic heterocycles. The van der Waals surface area contributed by atoms with E-state index in [1.165, 1.54) is 17.3 Å². The third-order valence-corrected chi connectivity index (χ3v) is 5.35. The molecule has 0 spiro atoms. The van der Waals surface area contributed by atoms with Crippen LogP contribution in [0.3, 0.4) is 0 Å². The number of amides is 1. The van der Waals surface area contributed by atoms with E-state index in [-0.39, 0.29) is 22.9 Å². The van der Waals surface area contributed by atoms with Gasteiger partial charge in [-0.25, -0.2) is 4.98 Å². The first-order valence-corrected chi connectivity index (χ1v) is 10.2. The molecule has 2 aromatic carbocycles. The molecule has 146 valence electrons. The van der Waals surface area contributed by atoms with Crippen LogP contribution in [0.1, 0.15) is 11.3 Å². The number of aromatic nitrogens is 4. The van der Waals surface area contributed by atoms with E-state index in [0.29, 0.717) is 22.9 Å². The summed E-state index contributed by atoms with van der Waals surface area (Å²) in [4.78, 5) is 33.1. The van der Waals surface area contributed by atoms with Crippen LogP contribution in [0.5, 0.6) is 0 Å². The first kappa shape index (κ1) is 19.1. The minimum atomic E-state index is -0.365. The van der Waals surface area contributed by atoms with Gasteiger partial charge in [0.05, 0.1) is 11.3 Å². The fourth-order valence-corrected chi connectivity index (χ4v) is 3.72. The van der Waals surface area contributed by atoms with E-state index in [4.69, 9.17) is 0 Å². The number of hydrogen-bond donors (Lipinski definition) is 1. The van der Waals surface area contributed by atoms with Crippen molar-refractivity contribution in [2.24, 2.45) is 0 Å². The van der Waals surface area contributed by atoms with Crippen LogP contribution in [0.4, 0.5) is 0 Å². The van der Waals surface area contributed by atoms with Crippen molar-refractivity contribution in [2.45, 2.75) is 18.5 Å². The Morgan fingerprint density at radius 2 is 1.83 bits per heavy atom. The molecule has 0 saturated carbocycles. The number of carbonyl (C=O) groups excluding carboxylic acids is 1. The van der Waals surface area contributed by atoms with Gasteiger partial charge in [0.25, 0.3) is 5.56 Å². The fourth-order valence-electron chi connectivity index (χ4n) is 2.95. The summed E-state index contributed by atoms with van der Waals surface area (Å²) in [6.45, 7) is 2.18. The molecule has 0 radical (unpaired) electrons. The summed E-state index contributed by atoms with van der Waals surface area (Å²) in [7, 11) is 0. The van der Waals surface area contributed by atoms with E-state index >= 15 is 0 Å². The smallest absolute Gasteiger partial charge is 0.294 e. The monoisotopic (exact) mass is 405 g/mol. The normalized spacial score (nSPS) is 11.1. The van der Waals surface area contributed by atoms with Crippen molar-refractivity contribution in [3.05, 3.63) is 76.2 Å². The van der Waals surface area contributed by atoms with Crippen LogP contribution in [0.15, 0.2) is 64.5 Å². The van der Waals surface area contributed by atoms with Crippen LogP contribution in [0.2, 0.25) is 0 Å². The van der Waals surface area contributed by atoms with Crippen molar-refractivity contribution < 1.29 is 4.79 Å². The van der Waals surface area contributed by atoms with Gasteiger partial charge in [-0.05, 0) is 31.0 Å². The van der Waals surface area contributed by atoms with E-state index in [0.717, 1.165) is 11.8 Å². The third kappa shape index (κ3) is 4.27. The molecule has 0 aliphatic rings. The number of nitrogens with one attached hydrogen (secondary N) is 1. The van der Waals surface area contributed by atoms with Gasteiger partial charge < -0.3 is 5.32 Å². The number of rotatable bonds is 6. The Bertz CT molecular complexity index is 1240. The molecule has 7 nitrogen and oxygen atoms in total. The third-order valence-electron chi connectivity index (χ3n) is 4.42. The van der Waals surface area contributed by atoms with Crippen molar-refractivity contribution in [1.29, 1.82) is 0 Å². The van der Waals surface area contributed by atoms with E-state index in [9.17, 15) is 9.59 Å². The van der Waals surface area contributed by atoms with Gasteiger partial charge in [-0.2, -0.15) is 14.6 Å². The average Bonchev–Trinajstić information content (AvgIpc) is 2.74. The molecule has 0 unspecified atom stereocenters. The number of para-hydroxylation sites is 1. The Balaban J connectivity index is 1.51. The highest BCUT2D eigenvalue weighted by molar-refractivity contribution is 7.99. The number of hydrogen-bond acceptors (Lipinski definition) is 6. The Morgan fingerprint density at radius 3 is 2.66 bits per heavy atom. The molecule has 0 aliphatic carbocycles. The first-order valence-electron chi connectivity index (χ1n) is 9.21. The van der Waals surface area contributed by atoms with E-state index in [1.807, 2.05) is 54.6 Å². The highest BCUT2D eigenvalue weighted by atomic mass is 32.2. The van der Waals surface area contributed by atoms with Gasteiger partial charge in [-0.1, -0.05) is 54.2 Å². The lowest BCUT2D eigenvalue weighted by molar-refractivity contribution is -0.118. The van der Waals surface area contributed by atoms with Gasteiger partial charge in [-0.3, -0.25) is 9.59 Å². The summed E-state index contributed by atoms with van der Waals surface area (Å²) in [5, 5.41) is 8.52. The lowest BCUT2D eigenvalue weighted by Gasteiger charge is -2.10. The molecular formula is C21H19N5O2S. The number of aryl methyl sites for hydroxylation is 1. The molecular weight excluding hydrogens is 386 g/mol. The molecule has 8 heteroatoms. The number of thioether (sulfide) groups is 1. The Labute approximate surface area is 171 Å². The topological polar surface area (TPSA) is 89.2 Å². The van der Waals surface area contributed by atoms with E-state index in [1.54, 1.807) is 11.4 Å². The number of carbonyl (C=O) groups is 1. The molecule has 0 fully saturated rings. The van der Waals surface area contributed by atoms with Crippen molar-refractivity contribution >= 4 is 34.2 Å². The maximum absolute atomic E-state index is 12.3. The molecule has 1 amide bonds. The molecule has 4 rings (SSSR count). The Kier molecular flexibility index (Phi) is 5.53. The number of benzene rings is 2. The zero-order valence-electron chi connectivity index (χ0n) is 15.8. The number of nitrogens with zero attached hydrogens (tertiary/aromatic N) is 4. The van der Waals surface area contributed by atoms with E-state index < -0.39 is 0 Å². The summed E-state index contributed by atoms with van der Waals surface area (Å²) in [6, 6.07) is 17.4. The molecule has 29 heavy (non-hydrogen) atoms. The lowest BCUT2D eigenvalue weighted by atomic mass is 10.1. The van der Waals surface area contributed by atoms with Crippen molar-refractivity contribution in [1.82, 2.24) is 24.9 Å². The predicted octanol–water partition coefficient (Wildman–Crippen LogP) is 2.40. The second-order valence-corrected chi connectivity index (χ2v) is 7.47. The van der Waals surface area contributed by atoms with Crippen LogP contribution < -0.4 is 10.9 Å². The fraction of sp³-hybridized carbons (Fsp3) is 0.190. The summed E-state index contributed by atoms with van der Waals surface area (Å²) < 4.78 is 1.54. The quantitative estimate of drug-likeness (QED) is 0.301. The van der Waals surface area contributed by atoms with Gasteiger partial charge in [0.15, 0.2) is 10.8 Å². The first-order chi connectivity index (χ1) is 14.1. The van der Waals surface area contributed by atoms with Crippen molar-refractivity contribution in [3.8, 4) is 0 Å². The van der Waals surface area contributed by atoms with Gasteiger partial charge in [0, 0.05) is 11.9 Å². The second-order valence-electron chi connectivity index (χ2n) is 6.52. The maximum Gasteiger partial charge on any atom is 0.294 e. The number of fused-ring (bicyclic) bond motifs is 3. The minimum Gasteiger partial charge on any atom is -0.355 e. The van der Waals surface area contributed by atoms with E-state index in [2.05, 4.69) is 20.4 Å². The van der Waals surface area contributed by atoms with Crippen LogP contribution >= 0.6 is 11.8 Å². The summed E-state index contributed by atoms with van der Waals surface area (Å²) in [5.41, 5.74) is 2.25. The SMILES string of the molecule is Cc1nn2c(SCC(=O)NCCc3ccccc3)nc3ccccc3c2nc1=O. The Hall–Kier alpha value is -3.26. The zero-order chi connectivity index (χ0) is 20.2. The van der Waals surface area contributed by atoms with Crippen molar-refractivity contribution in [3.63, 3.8) is 0 Å². The lowest BCUT2D eigenvalue weighted by Crippen LogP contribution is -2.27. The summed E-state index contributed by atoms with van der Waals surface area (Å²) in [6.07, 6.45) is 0.778. The second kappa shape index (κ2) is 8.40. The van der Waals surface area contributed by atoms with Gasteiger partial charge >= 0.3 is 0 Å². The van der Waals surface area contributed by atoms with Gasteiger partial charge in [0.2, 0.25) is 5.91 Å². The van der Waals surface area contributed by atoms with Crippen LogP contribution in [0, 0.1) is 6.92 Å². The Morgan fingerprint density at radius 1 is 1.07 bits per heavy atom. The highest BCUT2D eigenvalue weighted by Gasteiger charge is 2.13.